The van der Waals surface area contributed by atoms with Crippen LogP contribution in [0, 0.1) is 6.92 Å². The van der Waals surface area contributed by atoms with E-state index in [2.05, 4.69) is 35.3 Å². The maximum Gasteiger partial charge on any atom is 0.293 e. The number of aryl methyl sites for hydroxylation is 1. The second-order valence-corrected chi connectivity index (χ2v) is 5.94. The summed E-state index contributed by atoms with van der Waals surface area (Å²) in [5.41, 5.74) is 2.16. The summed E-state index contributed by atoms with van der Waals surface area (Å²) in [5, 5.41) is 7.47. The van der Waals surface area contributed by atoms with Crippen LogP contribution in [-0.2, 0) is 0 Å². The zero-order valence-corrected chi connectivity index (χ0v) is 15.7. The lowest BCUT2D eigenvalue weighted by Crippen LogP contribution is -2.33. The van der Waals surface area contributed by atoms with Crippen LogP contribution in [0.25, 0.3) is 5.69 Å². The molecule has 1 aromatic heterocycles. The molecule has 6 nitrogen and oxygen atoms in total. The Morgan fingerprint density at radius 2 is 2.00 bits per heavy atom. The second kappa shape index (κ2) is 8.80. The molecule has 24 heavy (non-hydrogen) atoms. The molecule has 0 aliphatic carbocycles. The standard InChI is InChI=1S/C17H25N5O.ClH/c1-12(2)14-8-6-7-9-15(14)22-13(3)19-16(20-22)17(23)21(5)11-10-18-4;/h6-9,12,18H,10-11H2,1-5H3;1H. The molecule has 1 amide bonds. The van der Waals surface area contributed by atoms with E-state index in [1.807, 2.05) is 32.2 Å². The van der Waals surface area contributed by atoms with E-state index < -0.39 is 0 Å². The third-order valence-electron chi connectivity index (χ3n) is 3.79. The number of para-hydroxylation sites is 1. The molecule has 0 saturated carbocycles. The van der Waals surface area contributed by atoms with Gasteiger partial charge < -0.3 is 10.2 Å². The maximum atomic E-state index is 12.4. The average Bonchev–Trinajstić information content (AvgIpc) is 2.93. The summed E-state index contributed by atoms with van der Waals surface area (Å²) in [4.78, 5) is 18.4. The second-order valence-electron chi connectivity index (χ2n) is 5.94. The van der Waals surface area contributed by atoms with Gasteiger partial charge in [-0.05, 0) is 31.5 Å². The Morgan fingerprint density at radius 3 is 2.62 bits per heavy atom. The smallest absolute Gasteiger partial charge is 0.293 e. The van der Waals surface area contributed by atoms with Crippen LogP contribution in [0.5, 0.6) is 0 Å². The van der Waals surface area contributed by atoms with Crippen molar-refractivity contribution in [1.82, 2.24) is 25.0 Å². The maximum absolute atomic E-state index is 12.4. The summed E-state index contributed by atoms with van der Waals surface area (Å²) >= 11 is 0. The van der Waals surface area contributed by atoms with E-state index in [9.17, 15) is 4.79 Å². The van der Waals surface area contributed by atoms with Gasteiger partial charge in [0.1, 0.15) is 5.82 Å². The van der Waals surface area contributed by atoms with Crippen LogP contribution in [0.3, 0.4) is 0 Å². The minimum atomic E-state index is -0.163. The topological polar surface area (TPSA) is 63.1 Å². The molecular weight excluding hydrogens is 326 g/mol. The molecule has 1 aromatic carbocycles. The van der Waals surface area contributed by atoms with Crippen LogP contribution < -0.4 is 5.32 Å². The average molecular weight is 352 g/mol. The minimum absolute atomic E-state index is 0. The van der Waals surface area contributed by atoms with Gasteiger partial charge in [0.15, 0.2) is 0 Å². The number of rotatable bonds is 6. The van der Waals surface area contributed by atoms with Gasteiger partial charge in [-0.3, -0.25) is 4.79 Å². The van der Waals surface area contributed by atoms with Gasteiger partial charge >= 0.3 is 0 Å². The van der Waals surface area contributed by atoms with Crippen LogP contribution in [0.1, 0.15) is 41.8 Å². The highest BCUT2D eigenvalue weighted by Gasteiger charge is 2.20. The lowest BCUT2D eigenvalue weighted by Gasteiger charge is -2.14. The lowest BCUT2D eigenvalue weighted by molar-refractivity contribution is 0.0785. The zero-order valence-electron chi connectivity index (χ0n) is 14.9. The first-order chi connectivity index (χ1) is 11.0. The molecule has 0 unspecified atom stereocenters. The van der Waals surface area contributed by atoms with Crippen molar-refractivity contribution in [2.24, 2.45) is 0 Å². The normalized spacial score (nSPS) is 10.6. The highest BCUT2D eigenvalue weighted by Crippen LogP contribution is 2.23. The van der Waals surface area contributed by atoms with Crippen molar-refractivity contribution in [2.45, 2.75) is 26.7 Å². The molecule has 132 valence electrons. The van der Waals surface area contributed by atoms with Crippen LogP contribution in [0.15, 0.2) is 24.3 Å². The first-order valence-corrected chi connectivity index (χ1v) is 7.88. The van der Waals surface area contributed by atoms with Crippen LogP contribution in [-0.4, -0.2) is 52.8 Å². The van der Waals surface area contributed by atoms with Gasteiger partial charge in [-0.25, -0.2) is 9.67 Å². The number of hydrogen-bond acceptors (Lipinski definition) is 4. The van der Waals surface area contributed by atoms with Gasteiger partial charge in [0.05, 0.1) is 5.69 Å². The molecule has 1 N–H and O–H groups in total. The molecule has 0 fully saturated rings. The number of likely N-dealkylation sites (N-methyl/N-ethyl adjacent to an activating group) is 2. The first kappa shape index (κ1) is 20.1. The monoisotopic (exact) mass is 351 g/mol. The summed E-state index contributed by atoms with van der Waals surface area (Å²) in [5.74, 6) is 1.15. The Labute approximate surface area is 149 Å². The summed E-state index contributed by atoms with van der Waals surface area (Å²) in [6.45, 7) is 7.50. The highest BCUT2D eigenvalue weighted by atomic mass is 35.5. The molecule has 0 spiro atoms. The van der Waals surface area contributed by atoms with Crippen molar-refractivity contribution < 1.29 is 4.79 Å². The summed E-state index contributed by atoms with van der Waals surface area (Å²) < 4.78 is 1.76. The third-order valence-corrected chi connectivity index (χ3v) is 3.79. The molecule has 7 heteroatoms. The molecule has 0 atom stereocenters. The number of nitrogens with one attached hydrogen (secondary N) is 1. The Morgan fingerprint density at radius 1 is 1.33 bits per heavy atom. The van der Waals surface area contributed by atoms with Crippen molar-refractivity contribution in [3.63, 3.8) is 0 Å². The van der Waals surface area contributed by atoms with Gasteiger partial charge in [0.2, 0.25) is 5.82 Å². The first-order valence-electron chi connectivity index (χ1n) is 7.88. The number of hydrogen-bond donors (Lipinski definition) is 1. The molecule has 1 heterocycles. The van der Waals surface area contributed by atoms with E-state index in [1.54, 1.807) is 16.6 Å². The number of halogens is 1. The number of aromatic nitrogens is 3. The quantitative estimate of drug-likeness (QED) is 0.868. The van der Waals surface area contributed by atoms with E-state index >= 15 is 0 Å². The molecule has 0 radical (unpaired) electrons. The highest BCUT2D eigenvalue weighted by molar-refractivity contribution is 5.90. The fraction of sp³-hybridized carbons (Fsp3) is 0.471. The Kier molecular flexibility index (Phi) is 7.38. The number of nitrogens with zero attached hydrogens (tertiary/aromatic N) is 4. The molecule has 2 aromatic rings. The van der Waals surface area contributed by atoms with Crippen LogP contribution >= 0.6 is 12.4 Å². The van der Waals surface area contributed by atoms with Crippen molar-refractivity contribution in [2.75, 3.05) is 27.2 Å². The fourth-order valence-corrected chi connectivity index (χ4v) is 2.43. The number of amides is 1. The zero-order chi connectivity index (χ0) is 17.0. The van der Waals surface area contributed by atoms with Gasteiger partial charge in [-0.1, -0.05) is 32.0 Å². The van der Waals surface area contributed by atoms with E-state index in [0.29, 0.717) is 18.3 Å². The number of carbonyl (C=O) groups excluding carboxylic acids is 1. The lowest BCUT2D eigenvalue weighted by atomic mass is 10.0. The van der Waals surface area contributed by atoms with Gasteiger partial charge in [-0.15, -0.1) is 17.5 Å². The largest absolute Gasteiger partial charge is 0.338 e. The van der Waals surface area contributed by atoms with E-state index in [1.165, 1.54) is 5.56 Å². The third kappa shape index (κ3) is 4.33. The van der Waals surface area contributed by atoms with E-state index in [0.717, 1.165) is 12.2 Å². The molecule has 0 bridgehead atoms. The summed E-state index contributed by atoms with van der Waals surface area (Å²) in [6, 6.07) is 8.09. The van der Waals surface area contributed by atoms with Crippen molar-refractivity contribution in [3.05, 3.63) is 41.5 Å². The Hall–Kier alpha value is -1.92. The van der Waals surface area contributed by atoms with Crippen molar-refractivity contribution >= 4 is 18.3 Å². The Bertz CT molecular complexity index is 683. The van der Waals surface area contributed by atoms with Gasteiger partial charge in [0, 0.05) is 20.1 Å². The molecule has 0 aliphatic rings. The van der Waals surface area contributed by atoms with Crippen molar-refractivity contribution in [1.29, 1.82) is 0 Å². The molecule has 0 saturated heterocycles. The molecule has 0 aliphatic heterocycles. The summed E-state index contributed by atoms with van der Waals surface area (Å²) in [6.07, 6.45) is 0. The van der Waals surface area contributed by atoms with Crippen LogP contribution in [0.4, 0.5) is 0 Å². The predicted molar refractivity (Wildman–Crippen MR) is 98.3 cm³/mol. The predicted octanol–water partition coefficient (Wildman–Crippen LogP) is 2.41. The minimum Gasteiger partial charge on any atom is -0.338 e. The summed E-state index contributed by atoms with van der Waals surface area (Å²) in [7, 11) is 3.62. The Balaban J connectivity index is 0.00000288. The van der Waals surface area contributed by atoms with Gasteiger partial charge in [0.25, 0.3) is 5.91 Å². The van der Waals surface area contributed by atoms with Gasteiger partial charge in [-0.2, -0.15) is 0 Å². The van der Waals surface area contributed by atoms with Crippen molar-refractivity contribution in [3.8, 4) is 5.69 Å². The molecule has 2 rings (SSSR count). The number of carbonyl (C=O) groups is 1. The van der Waals surface area contributed by atoms with E-state index in [-0.39, 0.29) is 24.1 Å². The SMILES string of the molecule is CNCCN(C)C(=O)c1nc(C)n(-c2ccccc2C(C)C)n1.Cl. The number of benzene rings is 1. The fourth-order valence-electron chi connectivity index (χ4n) is 2.43. The van der Waals surface area contributed by atoms with Crippen LogP contribution in [0.2, 0.25) is 0 Å². The molecular formula is C17H26ClN5O. The van der Waals surface area contributed by atoms with E-state index in [4.69, 9.17) is 0 Å².